The van der Waals surface area contributed by atoms with Gasteiger partial charge in [0.05, 0.1) is 17.5 Å². The molecule has 0 aromatic carbocycles. The zero-order valence-corrected chi connectivity index (χ0v) is 49.7. The van der Waals surface area contributed by atoms with Crippen LogP contribution in [0, 0.1) is 0 Å². The Morgan fingerprint density at radius 3 is 1.09 bits per heavy atom. The van der Waals surface area contributed by atoms with Crippen molar-refractivity contribution in [2.24, 2.45) is 0 Å². The summed E-state index contributed by atoms with van der Waals surface area (Å²) in [5.41, 5.74) is -8.23. The van der Waals surface area contributed by atoms with E-state index >= 15 is 0 Å². The van der Waals surface area contributed by atoms with Crippen LogP contribution in [0.25, 0.3) is 0 Å². The van der Waals surface area contributed by atoms with E-state index in [0.717, 1.165) is 38.5 Å². The van der Waals surface area contributed by atoms with Crippen LogP contribution in [0.15, 0.2) is 36.5 Å². The number of carbonyl (C=O) groups excluding carboxylic acids is 8. The maximum atomic E-state index is 12.6. The summed E-state index contributed by atoms with van der Waals surface area (Å²) in [6.07, 6.45) is -1.64. The Labute approximate surface area is 487 Å². The van der Waals surface area contributed by atoms with E-state index in [1.165, 1.54) is 6.92 Å². The van der Waals surface area contributed by atoms with Gasteiger partial charge in [-0.3, -0.25) is 9.59 Å². The molecule has 2 atom stereocenters. The minimum Gasteiger partial charge on any atom is -0.547 e. The summed E-state index contributed by atoms with van der Waals surface area (Å²) in [4.78, 5) is 88.0. The van der Waals surface area contributed by atoms with Crippen LogP contribution >= 0.6 is 34.8 Å². The van der Waals surface area contributed by atoms with Gasteiger partial charge in [0, 0.05) is 16.7 Å². The van der Waals surface area contributed by atoms with Crippen LogP contribution < -0.4 is 34.7 Å². The Morgan fingerprint density at radius 1 is 0.577 bits per heavy atom. The second-order valence-electron chi connectivity index (χ2n) is 18.9. The molecule has 0 aliphatic heterocycles. The van der Waals surface area contributed by atoms with Gasteiger partial charge in [0.15, 0.2) is 12.2 Å². The van der Waals surface area contributed by atoms with Gasteiger partial charge in [0.2, 0.25) is 5.24 Å². The Morgan fingerprint density at radius 2 is 0.872 bits per heavy atom. The standard InChI is InChI=1S/C18H25F3O7.C14H21ClO4.C12H20O3.C4H5F3O3.C2H2Cl2O.Na/c1-5-17(8-6-12(7-9-17)27-14(23)11(2)3)28-13(22)10-26-15(24)16(4,25)18(19,20)21;1-4-14(19-12(16)9-15)7-5-11(6-8-14)18-13(17)10(2)3;1-4-12(14)7-5-10(6-8-12)15-11(13)9(2)3;1-3(10,2(8)9)4(5,6)7;3-1-2(4)5;/h12,25H,2,5-10H2,1,3-4H3;11H,2,4-9H2,1,3H3;10,14H,2,4-8H2,1,3H3;10H,1H3,(H,8,9);1H2;/q;;;;;+1/p-1. The molecule has 2 unspecified atom stereocenters. The minimum atomic E-state index is -5.24. The van der Waals surface area contributed by atoms with Crippen molar-refractivity contribution >= 4 is 81.8 Å². The van der Waals surface area contributed by atoms with Crippen LogP contribution in [0.3, 0.4) is 0 Å². The van der Waals surface area contributed by atoms with E-state index in [9.17, 15) is 80.0 Å². The number of alkyl halides is 8. The second kappa shape index (κ2) is 35.4. The van der Waals surface area contributed by atoms with E-state index in [-0.39, 0.29) is 97.0 Å². The summed E-state index contributed by atoms with van der Waals surface area (Å²) in [5.74, 6) is -7.36. The van der Waals surface area contributed by atoms with Crippen LogP contribution in [0.1, 0.15) is 152 Å². The number of esters is 6. The fourth-order valence-corrected chi connectivity index (χ4v) is 6.97. The summed E-state index contributed by atoms with van der Waals surface area (Å²) in [5, 5.41) is 36.4. The molecule has 0 heterocycles. The van der Waals surface area contributed by atoms with Gasteiger partial charge in [-0.1, -0.05) is 40.5 Å². The normalized spacial score (nSPS) is 24.1. The van der Waals surface area contributed by atoms with Crippen molar-refractivity contribution < 1.29 is 143 Å². The molecule has 28 heteroatoms. The van der Waals surface area contributed by atoms with E-state index in [1.807, 2.05) is 13.8 Å². The van der Waals surface area contributed by atoms with Crippen molar-refractivity contribution in [2.45, 2.75) is 210 Å². The molecule has 18 nitrogen and oxygen atoms in total. The Kier molecular flexibility index (Phi) is 35.7. The molecule has 3 rings (SSSR count). The molecule has 3 fully saturated rings. The van der Waals surface area contributed by atoms with Crippen LogP contribution in [-0.4, -0.2) is 139 Å². The van der Waals surface area contributed by atoms with Crippen molar-refractivity contribution in [2.75, 3.05) is 18.4 Å². The average Bonchev–Trinajstić information content (AvgIpc) is 3.35. The molecule has 0 saturated heterocycles. The van der Waals surface area contributed by atoms with Crippen LogP contribution in [0.2, 0.25) is 0 Å². The molecule has 0 radical (unpaired) electrons. The van der Waals surface area contributed by atoms with Crippen LogP contribution in [0.4, 0.5) is 26.3 Å². The number of hydrogen-bond donors (Lipinski definition) is 3. The van der Waals surface area contributed by atoms with E-state index in [1.54, 1.807) is 20.8 Å². The van der Waals surface area contributed by atoms with Crippen molar-refractivity contribution in [3.05, 3.63) is 36.5 Å². The van der Waals surface area contributed by atoms with E-state index < -0.39 is 76.1 Å². The van der Waals surface area contributed by atoms with Crippen molar-refractivity contribution in [3.63, 3.8) is 0 Å². The number of aliphatic hydroxyl groups is 3. The van der Waals surface area contributed by atoms with E-state index in [0.29, 0.717) is 68.9 Å². The number of halogens is 9. The monoisotopic (exact) mass is 1200 g/mol. The zero-order chi connectivity index (χ0) is 60.6. The van der Waals surface area contributed by atoms with Crippen LogP contribution in [-0.2, 0) is 66.8 Å². The van der Waals surface area contributed by atoms with Gasteiger partial charge in [0.25, 0.3) is 5.60 Å². The molecule has 0 amide bonds. The first-order chi connectivity index (χ1) is 35.1. The number of ether oxygens (including phenoxy) is 6. The molecular weight excluding hydrogens is 1130 g/mol. The maximum absolute atomic E-state index is 12.6. The number of hydrogen-bond acceptors (Lipinski definition) is 18. The number of aliphatic carboxylic acids is 1. The number of rotatable bonds is 17. The predicted octanol–water partition coefficient (Wildman–Crippen LogP) is 4.81. The quantitative estimate of drug-likeness (QED) is 0.0335. The second-order valence-corrected chi connectivity index (χ2v) is 19.8. The summed E-state index contributed by atoms with van der Waals surface area (Å²) >= 11 is 15.0. The molecule has 0 aromatic heterocycles. The summed E-state index contributed by atoms with van der Waals surface area (Å²) in [7, 11) is 0. The molecule has 3 aliphatic rings. The third-order valence-electron chi connectivity index (χ3n) is 12.5. The number of carboxylic acids is 1. The molecule has 3 N–H and O–H groups in total. The Balaban J connectivity index is -0.000000980. The van der Waals surface area contributed by atoms with E-state index in [2.05, 4.69) is 24.5 Å². The van der Waals surface area contributed by atoms with Gasteiger partial charge in [0.1, 0.15) is 35.4 Å². The fraction of sp³-hybridized carbons (Fsp3) is 0.720. The molecular formula is C50H72Cl3F6NaO18. The predicted molar refractivity (Wildman–Crippen MR) is 265 cm³/mol. The topological polar surface area (TPSA) is 276 Å². The Bertz CT molecular complexity index is 2030. The number of carbonyl (C=O) groups is 8. The van der Waals surface area contributed by atoms with Crippen molar-refractivity contribution in [1.29, 1.82) is 0 Å². The molecule has 3 saturated carbocycles. The zero-order valence-electron chi connectivity index (χ0n) is 45.4. The summed E-state index contributed by atoms with van der Waals surface area (Å²) < 4.78 is 103. The molecule has 0 bridgehead atoms. The third kappa shape index (κ3) is 28.3. The SMILES string of the molecule is C=C(C)C(=O)OC1CCC(CC)(OC(=O)CCl)CC1.C=C(C)C(=O)OC1CCC(CC)(OC(=O)COC(=O)C(C)(O)C(F)(F)F)CC1.C=C(C)C(=O)OC1CCC(O)(CC)CC1.CC(O)(C(=O)[O-])C(F)(F)F.O=C(Cl)CCl.[Na+]. The molecule has 0 aromatic rings. The van der Waals surface area contributed by atoms with Crippen molar-refractivity contribution in [1.82, 2.24) is 0 Å². The first-order valence-electron chi connectivity index (χ1n) is 24.1. The van der Waals surface area contributed by atoms with Gasteiger partial charge in [-0.15, -0.1) is 23.2 Å². The minimum absolute atomic E-state index is 0. The average molecular weight is 1200 g/mol. The molecule has 0 spiro atoms. The van der Waals surface area contributed by atoms with Crippen LogP contribution in [0.5, 0.6) is 0 Å². The van der Waals surface area contributed by atoms with Gasteiger partial charge >= 0.3 is 77.7 Å². The Hall–Kier alpha value is -3.49. The van der Waals surface area contributed by atoms with Gasteiger partial charge in [-0.05, 0) is 143 Å². The maximum Gasteiger partial charge on any atom is 1.00 e. The van der Waals surface area contributed by atoms with E-state index in [4.69, 9.17) is 63.6 Å². The van der Waals surface area contributed by atoms with Gasteiger partial charge < -0.3 is 53.6 Å². The summed E-state index contributed by atoms with van der Waals surface area (Å²) in [6, 6.07) is 0. The van der Waals surface area contributed by atoms with Crippen molar-refractivity contribution in [3.8, 4) is 0 Å². The smallest absolute Gasteiger partial charge is 0.547 e. The van der Waals surface area contributed by atoms with Gasteiger partial charge in [-0.2, -0.15) is 26.3 Å². The largest absolute Gasteiger partial charge is 1.00 e. The number of carboxylic acid groups (broad SMARTS) is 1. The molecule has 78 heavy (non-hydrogen) atoms. The van der Waals surface area contributed by atoms with Gasteiger partial charge in [-0.25, -0.2) is 24.0 Å². The first-order valence-corrected chi connectivity index (χ1v) is 25.6. The third-order valence-corrected chi connectivity index (χ3v) is 13.2. The molecule has 3 aliphatic carbocycles. The summed E-state index contributed by atoms with van der Waals surface area (Å²) in [6.45, 7) is 20.4. The fourth-order valence-electron chi connectivity index (χ4n) is 6.92. The first kappa shape index (κ1) is 78.7. The molecule has 444 valence electrons.